The Morgan fingerprint density at radius 2 is 1.67 bits per heavy atom. The second-order valence-electron chi connectivity index (χ2n) is 5.29. The first kappa shape index (κ1) is 18.0. The van der Waals surface area contributed by atoms with Crippen LogP contribution in [0.1, 0.15) is 61.7 Å². The second-order valence-corrected chi connectivity index (χ2v) is 6.14. The van der Waals surface area contributed by atoms with Crippen LogP contribution in [0.25, 0.3) is 0 Å². The van der Waals surface area contributed by atoms with E-state index in [0.29, 0.717) is 5.56 Å². The Balaban J connectivity index is 2.01. The highest BCUT2D eigenvalue weighted by Crippen LogP contribution is 2.15. The maximum Gasteiger partial charge on any atom is 0.252 e. The molecule has 1 aromatic carbocycles. The first-order valence-electron chi connectivity index (χ1n) is 7.89. The van der Waals surface area contributed by atoms with Crippen LogP contribution >= 0.6 is 15.9 Å². The molecule has 1 amide bonds. The summed E-state index contributed by atoms with van der Waals surface area (Å²) in [5.41, 5.74) is 0.708. The van der Waals surface area contributed by atoms with Gasteiger partial charge in [0.25, 0.3) is 5.91 Å². The monoisotopic (exact) mass is 351 g/mol. The average Bonchev–Trinajstić information content (AvgIpc) is 2.49. The minimum atomic E-state index is 0.00639. The summed E-state index contributed by atoms with van der Waals surface area (Å²) >= 11 is 3.40. The van der Waals surface area contributed by atoms with Crippen LogP contribution in [-0.4, -0.2) is 12.5 Å². The van der Waals surface area contributed by atoms with Gasteiger partial charge in [-0.15, -0.1) is 6.58 Å². The zero-order valence-corrected chi connectivity index (χ0v) is 14.3. The Morgan fingerprint density at radius 3 is 2.33 bits per heavy atom. The molecule has 0 unspecified atom stereocenters. The van der Waals surface area contributed by atoms with E-state index in [0.717, 1.165) is 23.9 Å². The highest BCUT2D eigenvalue weighted by molar-refractivity contribution is 9.10. The lowest BCUT2D eigenvalue weighted by Crippen LogP contribution is -2.24. The number of halogens is 1. The number of allylic oxidation sites excluding steroid dienone is 1. The van der Waals surface area contributed by atoms with Gasteiger partial charge in [0.15, 0.2) is 0 Å². The normalized spacial score (nSPS) is 10.3. The third kappa shape index (κ3) is 8.05. The minimum absolute atomic E-state index is 0.00639. The van der Waals surface area contributed by atoms with Crippen molar-refractivity contribution in [3.63, 3.8) is 0 Å². The van der Waals surface area contributed by atoms with Crippen LogP contribution in [0.5, 0.6) is 0 Å². The van der Waals surface area contributed by atoms with Gasteiger partial charge in [-0.3, -0.25) is 4.79 Å². The lowest BCUT2D eigenvalue weighted by Gasteiger charge is -2.06. The van der Waals surface area contributed by atoms with Gasteiger partial charge in [0, 0.05) is 11.0 Å². The fourth-order valence-electron chi connectivity index (χ4n) is 2.24. The molecule has 1 N–H and O–H groups in total. The molecule has 0 heterocycles. The minimum Gasteiger partial charge on any atom is -0.352 e. The maximum atomic E-state index is 12.0. The molecule has 0 aromatic heterocycles. The maximum absolute atomic E-state index is 12.0. The smallest absolute Gasteiger partial charge is 0.252 e. The van der Waals surface area contributed by atoms with E-state index >= 15 is 0 Å². The third-order valence-electron chi connectivity index (χ3n) is 3.49. The molecule has 0 radical (unpaired) electrons. The van der Waals surface area contributed by atoms with Crippen molar-refractivity contribution in [1.29, 1.82) is 0 Å². The van der Waals surface area contributed by atoms with E-state index in [-0.39, 0.29) is 5.91 Å². The van der Waals surface area contributed by atoms with Gasteiger partial charge in [0.05, 0.1) is 5.56 Å². The molecule has 0 aliphatic rings. The third-order valence-corrected chi connectivity index (χ3v) is 4.18. The number of amides is 1. The molecule has 0 saturated carbocycles. The van der Waals surface area contributed by atoms with Crippen LogP contribution < -0.4 is 5.32 Å². The highest BCUT2D eigenvalue weighted by atomic mass is 79.9. The largest absolute Gasteiger partial charge is 0.352 e. The summed E-state index contributed by atoms with van der Waals surface area (Å²) in [5.74, 6) is 0.00639. The van der Waals surface area contributed by atoms with Crippen LogP contribution in [0.15, 0.2) is 41.4 Å². The molecule has 0 aliphatic heterocycles. The molecule has 0 aliphatic carbocycles. The molecule has 0 bridgehead atoms. The van der Waals surface area contributed by atoms with E-state index in [1.807, 2.05) is 30.3 Å². The molecular weight excluding hydrogens is 326 g/mol. The molecule has 1 rings (SSSR count). The molecule has 0 spiro atoms. The molecule has 2 nitrogen and oxygen atoms in total. The van der Waals surface area contributed by atoms with Gasteiger partial charge in [0.2, 0.25) is 0 Å². The predicted octanol–water partition coefficient (Wildman–Crippen LogP) is 5.49. The topological polar surface area (TPSA) is 29.1 Å². The Bertz CT molecular complexity index is 431. The highest BCUT2D eigenvalue weighted by Gasteiger charge is 2.07. The SMILES string of the molecule is C=CCCCCCCCCCNC(=O)c1ccccc1Br. The van der Waals surface area contributed by atoms with Crippen molar-refractivity contribution in [2.45, 2.75) is 51.4 Å². The lowest BCUT2D eigenvalue weighted by atomic mass is 10.1. The van der Waals surface area contributed by atoms with E-state index in [1.165, 1.54) is 38.5 Å². The number of hydrogen-bond donors (Lipinski definition) is 1. The van der Waals surface area contributed by atoms with Crippen LogP contribution in [-0.2, 0) is 0 Å². The number of hydrogen-bond acceptors (Lipinski definition) is 1. The van der Waals surface area contributed by atoms with E-state index in [9.17, 15) is 4.79 Å². The number of unbranched alkanes of at least 4 members (excludes halogenated alkanes) is 7. The molecule has 0 fully saturated rings. The number of rotatable bonds is 11. The summed E-state index contributed by atoms with van der Waals surface area (Å²) in [6, 6.07) is 7.52. The summed E-state index contributed by atoms with van der Waals surface area (Å²) in [5, 5.41) is 2.98. The molecule has 3 heteroatoms. The zero-order valence-electron chi connectivity index (χ0n) is 12.7. The predicted molar refractivity (Wildman–Crippen MR) is 93.6 cm³/mol. The summed E-state index contributed by atoms with van der Waals surface area (Å²) in [4.78, 5) is 12.0. The zero-order chi connectivity index (χ0) is 15.3. The Labute approximate surface area is 137 Å². The van der Waals surface area contributed by atoms with Gasteiger partial charge in [-0.05, 0) is 47.3 Å². The fourth-order valence-corrected chi connectivity index (χ4v) is 2.70. The molecule has 21 heavy (non-hydrogen) atoms. The summed E-state index contributed by atoms with van der Waals surface area (Å²) in [6.45, 7) is 4.49. The van der Waals surface area contributed by atoms with Crippen molar-refractivity contribution < 1.29 is 4.79 Å². The Hall–Kier alpha value is -1.09. The number of carbonyl (C=O) groups excluding carboxylic acids is 1. The second kappa shape index (κ2) is 11.6. The standard InChI is InChI=1S/C18H26BrNO/c1-2-3-4-5-6-7-8-9-12-15-20-18(21)16-13-10-11-14-17(16)19/h2,10-11,13-14H,1,3-9,12,15H2,(H,20,21). The first-order chi connectivity index (χ1) is 10.3. The van der Waals surface area contributed by atoms with E-state index < -0.39 is 0 Å². The fraction of sp³-hybridized carbons (Fsp3) is 0.500. The lowest BCUT2D eigenvalue weighted by molar-refractivity contribution is 0.0952. The molecular formula is C18H26BrNO. The Kier molecular flexibility index (Phi) is 9.88. The molecule has 116 valence electrons. The first-order valence-corrected chi connectivity index (χ1v) is 8.68. The van der Waals surface area contributed by atoms with Crippen LogP contribution in [0.2, 0.25) is 0 Å². The molecule has 0 atom stereocenters. The summed E-state index contributed by atoms with van der Waals surface area (Å²) < 4.78 is 0.849. The number of nitrogens with one attached hydrogen (secondary N) is 1. The van der Waals surface area contributed by atoms with E-state index in [4.69, 9.17) is 0 Å². The Morgan fingerprint density at radius 1 is 1.05 bits per heavy atom. The number of benzene rings is 1. The van der Waals surface area contributed by atoms with Crippen LogP contribution in [0.3, 0.4) is 0 Å². The van der Waals surface area contributed by atoms with Gasteiger partial charge < -0.3 is 5.32 Å². The van der Waals surface area contributed by atoms with Gasteiger partial charge in [-0.1, -0.05) is 50.3 Å². The summed E-state index contributed by atoms with van der Waals surface area (Å²) in [7, 11) is 0. The molecule has 0 saturated heterocycles. The average molecular weight is 352 g/mol. The number of carbonyl (C=O) groups is 1. The quantitative estimate of drug-likeness (QED) is 0.414. The van der Waals surface area contributed by atoms with E-state index in [2.05, 4.69) is 27.8 Å². The molecule has 1 aromatic rings. The van der Waals surface area contributed by atoms with Gasteiger partial charge in [-0.2, -0.15) is 0 Å². The van der Waals surface area contributed by atoms with Crippen molar-refractivity contribution in [2.75, 3.05) is 6.54 Å². The van der Waals surface area contributed by atoms with Crippen molar-refractivity contribution in [3.8, 4) is 0 Å². The van der Waals surface area contributed by atoms with Crippen LogP contribution in [0.4, 0.5) is 0 Å². The van der Waals surface area contributed by atoms with Gasteiger partial charge in [0.1, 0.15) is 0 Å². The van der Waals surface area contributed by atoms with Crippen molar-refractivity contribution in [1.82, 2.24) is 5.32 Å². The van der Waals surface area contributed by atoms with Crippen molar-refractivity contribution in [2.24, 2.45) is 0 Å². The summed E-state index contributed by atoms with van der Waals surface area (Å²) in [6.07, 6.45) is 11.8. The van der Waals surface area contributed by atoms with Crippen LogP contribution in [0, 0.1) is 0 Å². The van der Waals surface area contributed by atoms with Crippen molar-refractivity contribution >= 4 is 21.8 Å². The van der Waals surface area contributed by atoms with Gasteiger partial charge in [-0.25, -0.2) is 0 Å². The van der Waals surface area contributed by atoms with Crippen molar-refractivity contribution in [3.05, 3.63) is 47.0 Å². The van der Waals surface area contributed by atoms with E-state index in [1.54, 1.807) is 0 Å². The van der Waals surface area contributed by atoms with Gasteiger partial charge >= 0.3 is 0 Å².